The molecule has 3 aromatic rings. The predicted molar refractivity (Wildman–Crippen MR) is 114 cm³/mol. The highest BCUT2D eigenvalue weighted by Crippen LogP contribution is 2.27. The number of aliphatic hydroxyl groups is 1. The minimum Gasteiger partial charge on any atom is -0.497 e. The first kappa shape index (κ1) is 19.1. The Labute approximate surface area is 170 Å². The minimum absolute atomic E-state index is 0.504. The van der Waals surface area contributed by atoms with Gasteiger partial charge in [-0.1, -0.05) is 17.7 Å². The van der Waals surface area contributed by atoms with Crippen molar-refractivity contribution in [3.8, 4) is 5.75 Å². The van der Waals surface area contributed by atoms with E-state index < -0.39 is 6.10 Å². The van der Waals surface area contributed by atoms with Crippen molar-refractivity contribution in [3.63, 3.8) is 0 Å². The van der Waals surface area contributed by atoms with Crippen LogP contribution in [0.2, 0.25) is 5.02 Å². The normalized spacial score (nSPS) is 16.5. The van der Waals surface area contributed by atoms with Crippen molar-refractivity contribution in [1.29, 1.82) is 0 Å². The summed E-state index contributed by atoms with van der Waals surface area (Å²) in [7, 11) is 1.66. The van der Waals surface area contributed by atoms with Crippen molar-refractivity contribution in [3.05, 3.63) is 58.7 Å². The van der Waals surface area contributed by atoms with Crippen LogP contribution in [0.25, 0.3) is 10.9 Å². The van der Waals surface area contributed by atoms with Crippen LogP contribution in [0.1, 0.15) is 17.2 Å². The summed E-state index contributed by atoms with van der Waals surface area (Å²) in [6.45, 7) is 6.74. The zero-order valence-corrected chi connectivity index (χ0v) is 17.1. The summed E-state index contributed by atoms with van der Waals surface area (Å²) < 4.78 is 5.33. The van der Waals surface area contributed by atoms with Gasteiger partial charge in [-0.25, -0.2) is 0 Å². The lowest BCUT2D eigenvalue weighted by atomic mass is 10.1. The number of aliphatic hydroxyl groups excluding tert-OH is 1. The van der Waals surface area contributed by atoms with Gasteiger partial charge < -0.3 is 24.6 Å². The van der Waals surface area contributed by atoms with E-state index in [0.29, 0.717) is 6.54 Å². The zero-order valence-electron chi connectivity index (χ0n) is 16.3. The van der Waals surface area contributed by atoms with Crippen LogP contribution in [-0.4, -0.2) is 49.9 Å². The number of nitrogens with zero attached hydrogens (tertiary/aromatic N) is 1. The van der Waals surface area contributed by atoms with Gasteiger partial charge in [0.05, 0.1) is 33.3 Å². The molecule has 4 rings (SSSR count). The summed E-state index contributed by atoms with van der Waals surface area (Å²) in [6.07, 6.45) is 1.41. The predicted octanol–water partition coefficient (Wildman–Crippen LogP) is 2.58. The summed E-state index contributed by atoms with van der Waals surface area (Å²) in [5, 5.41) is 12.7. The zero-order chi connectivity index (χ0) is 19.7. The molecular formula is C22H27ClN3O2+. The van der Waals surface area contributed by atoms with Crippen LogP contribution in [0.4, 0.5) is 5.69 Å². The second-order valence-electron chi connectivity index (χ2n) is 7.54. The maximum absolute atomic E-state index is 10.9. The Hall–Kier alpha value is -2.21. The lowest BCUT2D eigenvalue weighted by Crippen LogP contribution is -3.15. The van der Waals surface area contributed by atoms with Crippen LogP contribution in [0.5, 0.6) is 5.75 Å². The molecule has 2 aromatic carbocycles. The van der Waals surface area contributed by atoms with E-state index in [4.69, 9.17) is 16.3 Å². The molecule has 1 atom stereocenters. The molecule has 1 aliphatic rings. The van der Waals surface area contributed by atoms with Gasteiger partial charge in [-0.2, -0.15) is 0 Å². The smallest absolute Gasteiger partial charge is 0.130 e. The number of halogens is 1. The number of aromatic amines is 1. The number of fused-ring (bicyclic) bond motifs is 1. The van der Waals surface area contributed by atoms with Gasteiger partial charge in [0.15, 0.2) is 0 Å². The van der Waals surface area contributed by atoms with Crippen LogP contribution in [0.15, 0.2) is 42.6 Å². The van der Waals surface area contributed by atoms with Crippen LogP contribution >= 0.6 is 11.6 Å². The second kappa shape index (κ2) is 8.03. The summed E-state index contributed by atoms with van der Waals surface area (Å²) in [4.78, 5) is 7.07. The highest BCUT2D eigenvalue weighted by Gasteiger charge is 2.25. The lowest BCUT2D eigenvalue weighted by molar-refractivity contribution is -0.904. The number of benzene rings is 2. The third-order valence-electron chi connectivity index (χ3n) is 5.74. The summed E-state index contributed by atoms with van der Waals surface area (Å²) in [6, 6.07) is 12.0. The fourth-order valence-electron chi connectivity index (χ4n) is 4.10. The van der Waals surface area contributed by atoms with Crippen molar-refractivity contribution in [2.75, 3.05) is 44.7 Å². The van der Waals surface area contributed by atoms with Crippen LogP contribution < -0.4 is 14.5 Å². The van der Waals surface area contributed by atoms with E-state index in [9.17, 15) is 5.11 Å². The average Bonchev–Trinajstić information content (AvgIpc) is 3.13. The molecule has 0 saturated carbocycles. The molecule has 0 amide bonds. The number of hydrogen-bond donors (Lipinski definition) is 3. The highest BCUT2D eigenvalue weighted by atomic mass is 35.5. The van der Waals surface area contributed by atoms with Crippen molar-refractivity contribution in [1.82, 2.24) is 4.98 Å². The fourth-order valence-corrected chi connectivity index (χ4v) is 4.26. The van der Waals surface area contributed by atoms with E-state index in [-0.39, 0.29) is 0 Å². The second-order valence-corrected chi connectivity index (χ2v) is 7.98. The van der Waals surface area contributed by atoms with Gasteiger partial charge in [0.2, 0.25) is 0 Å². The van der Waals surface area contributed by atoms with E-state index in [1.165, 1.54) is 16.2 Å². The standard InChI is InChI=1S/C22H26ClN3O2/c1-15-3-4-16(23)11-21(15)26-9-7-25(8-10-26)14-22(27)19-13-24-20-6-5-17(28-2)12-18(19)20/h3-6,11-13,22,24,27H,7-10,14H2,1-2H3/p+1/t22-/m1/s1. The topological polar surface area (TPSA) is 52.9 Å². The molecule has 148 valence electrons. The number of anilines is 1. The van der Waals surface area contributed by atoms with Crippen molar-refractivity contribution >= 4 is 28.2 Å². The van der Waals surface area contributed by atoms with Crippen molar-refractivity contribution in [2.24, 2.45) is 0 Å². The van der Waals surface area contributed by atoms with E-state index in [2.05, 4.69) is 28.9 Å². The number of quaternary nitrogens is 1. The Morgan fingerprint density at radius 1 is 1.21 bits per heavy atom. The molecule has 0 radical (unpaired) electrons. The van der Waals surface area contributed by atoms with Gasteiger partial charge in [0, 0.05) is 33.4 Å². The van der Waals surface area contributed by atoms with Gasteiger partial charge >= 0.3 is 0 Å². The molecule has 28 heavy (non-hydrogen) atoms. The first-order chi connectivity index (χ1) is 13.5. The molecule has 0 aliphatic carbocycles. The number of aryl methyl sites for hydroxylation is 1. The third-order valence-corrected chi connectivity index (χ3v) is 5.98. The van der Waals surface area contributed by atoms with Gasteiger partial charge in [-0.3, -0.25) is 0 Å². The lowest BCUT2D eigenvalue weighted by Gasteiger charge is -2.35. The van der Waals surface area contributed by atoms with Gasteiger partial charge in [0.1, 0.15) is 18.4 Å². The molecule has 1 fully saturated rings. The third kappa shape index (κ3) is 3.83. The molecule has 0 spiro atoms. The van der Waals surface area contributed by atoms with Gasteiger partial charge in [-0.05, 0) is 42.8 Å². The fraction of sp³-hybridized carbons (Fsp3) is 0.364. The summed E-state index contributed by atoms with van der Waals surface area (Å²) in [5.74, 6) is 0.804. The van der Waals surface area contributed by atoms with E-state index in [1.807, 2.05) is 30.5 Å². The Balaban J connectivity index is 1.41. The first-order valence-corrected chi connectivity index (χ1v) is 10.1. The minimum atomic E-state index is -0.504. The number of piperazine rings is 1. The molecule has 1 aromatic heterocycles. The summed E-state index contributed by atoms with van der Waals surface area (Å²) in [5.41, 5.74) is 4.43. The average molecular weight is 401 g/mol. The number of nitrogens with one attached hydrogen (secondary N) is 2. The molecule has 1 saturated heterocycles. The molecule has 3 N–H and O–H groups in total. The molecule has 6 heteroatoms. The highest BCUT2D eigenvalue weighted by molar-refractivity contribution is 6.30. The molecule has 0 bridgehead atoms. The monoisotopic (exact) mass is 400 g/mol. The van der Waals surface area contributed by atoms with Crippen LogP contribution in [-0.2, 0) is 0 Å². The van der Waals surface area contributed by atoms with Crippen molar-refractivity contribution < 1.29 is 14.7 Å². The van der Waals surface area contributed by atoms with Crippen LogP contribution in [0.3, 0.4) is 0 Å². The largest absolute Gasteiger partial charge is 0.497 e. The Morgan fingerprint density at radius 3 is 2.75 bits per heavy atom. The molecule has 0 unspecified atom stereocenters. The Kier molecular flexibility index (Phi) is 5.49. The number of aromatic nitrogens is 1. The van der Waals surface area contributed by atoms with E-state index >= 15 is 0 Å². The van der Waals surface area contributed by atoms with Crippen LogP contribution in [0, 0.1) is 6.92 Å². The maximum atomic E-state index is 10.9. The number of ether oxygens (including phenoxy) is 1. The van der Waals surface area contributed by atoms with Gasteiger partial charge in [0.25, 0.3) is 0 Å². The van der Waals surface area contributed by atoms with E-state index in [1.54, 1.807) is 7.11 Å². The SMILES string of the molecule is COc1ccc2[nH]cc([C@H](O)C[NH+]3CCN(c4cc(Cl)ccc4C)CC3)c2c1. The quantitative estimate of drug-likeness (QED) is 0.617. The molecule has 2 heterocycles. The number of methoxy groups -OCH3 is 1. The van der Waals surface area contributed by atoms with Crippen molar-refractivity contribution in [2.45, 2.75) is 13.0 Å². The van der Waals surface area contributed by atoms with Gasteiger partial charge in [-0.15, -0.1) is 0 Å². The number of H-pyrrole nitrogens is 1. The summed E-state index contributed by atoms with van der Waals surface area (Å²) >= 11 is 6.18. The number of rotatable bonds is 5. The maximum Gasteiger partial charge on any atom is 0.130 e. The van der Waals surface area contributed by atoms with E-state index in [0.717, 1.165) is 53.4 Å². The molecule has 5 nitrogen and oxygen atoms in total. The molecular weight excluding hydrogens is 374 g/mol. The first-order valence-electron chi connectivity index (χ1n) is 9.73. The molecule has 1 aliphatic heterocycles. The Bertz CT molecular complexity index is 964. The number of hydrogen-bond acceptors (Lipinski definition) is 3. The Morgan fingerprint density at radius 2 is 2.00 bits per heavy atom.